The van der Waals surface area contributed by atoms with Crippen LogP contribution in [0.4, 0.5) is 5.69 Å². The van der Waals surface area contributed by atoms with E-state index in [0.717, 1.165) is 5.56 Å². The smallest absolute Gasteiger partial charge is 0.327 e. The number of nitrogens with two attached hydrogens (primary N) is 1. The Balaban J connectivity index is 2.88. The van der Waals surface area contributed by atoms with Crippen LogP contribution < -0.4 is 11.1 Å². The summed E-state index contributed by atoms with van der Waals surface area (Å²) in [5.41, 5.74) is 6.85. The predicted molar refractivity (Wildman–Crippen MR) is 60.3 cm³/mol. The largest absolute Gasteiger partial charge is 0.480 e. The van der Waals surface area contributed by atoms with Crippen molar-refractivity contribution in [3.05, 3.63) is 28.8 Å². The van der Waals surface area contributed by atoms with Gasteiger partial charge in [-0.2, -0.15) is 0 Å². The molecule has 0 bridgehead atoms. The lowest BCUT2D eigenvalue weighted by molar-refractivity contribution is -0.137. The van der Waals surface area contributed by atoms with Crippen LogP contribution in [0.25, 0.3) is 0 Å². The molecule has 5 heteroatoms. The van der Waals surface area contributed by atoms with E-state index >= 15 is 0 Å². The number of carboxylic acids is 1. The van der Waals surface area contributed by atoms with Gasteiger partial charge >= 0.3 is 5.97 Å². The van der Waals surface area contributed by atoms with Gasteiger partial charge in [-0.25, -0.2) is 4.79 Å². The SMILES string of the molecule is Cc1c(Cl)cccc1NC(CN)C(=O)O. The zero-order valence-corrected chi connectivity index (χ0v) is 9.08. The molecule has 0 saturated carbocycles. The maximum absolute atomic E-state index is 10.8. The Morgan fingerprint density at radius 1 is 1.67 bits per heavy atom. The molecule has 82 valence electrons. The van der Waals surface area contributed by atoms with Crippen molar-refractivity contribution in [3.8, 4) is 0 Å². The Kier molecular flexibility index (Phi) is 3.94. The second kappa shape index (κ2) is 5.00. The lowest BCUT2D eigenvalue weighted by atomic mass is 10.1. The molecule has 0 amide bonds. The molecule has 0 saturated heterocycles. The van der Waals surface area contributed by atoms with Crippen molar-refractivity contribution in [3.63, 3.8) is 0 Å². The molecule has 0 spiro atoms. The molecule has 0 fully saturated rings. The van der Waals surface area contributed by atoms with E-state index < -0.39 is 12.0 Å². The minimum Gasteiger partial charge on any atom is -0.480 e. The average molecular weight is 229 g/mol. The van der Waals surface area contributed by atoms with Gasteiger partial charge in [-0.05, 0) is 24.6 Å². The summed E-state index contributed by atoms with van der Waals surface area (Å²) >= 11 is 5.90. The summed E-state index contributed by atoms with van der Waals surface area (Å²) in [6, 6.07) is 4.49. The molecule has 1 atom stereocenters. The first-order valence-corrected chi connectivity index (χ1v) is 4.88. The Morgan fingerprint density at radius 2 is 2.33 bits per heavy atom. The fraction of sp³-hybridized carbons (Fsp3) is 0.300. The first-order chi connectivity index (χ1) is 7.06. The second-order valence-electron chi connectivity index (χ2n) is 3.18. The van der Waals surface area contributed by atoms with E-state index in [1.54, 1.807) is 18.2 Å². The second-order valence-corrected chi connectivity index (χ2v) is 3.59. The normalized spacial score (nSPS) is 12.2. The highest BCUT2D eigenvalue weighted by molar-refractivity contribution is 6.31. The van der Waals surface area contributed by atoms with Gasteiger partial charge < -0.3 is 16.2 Å². The summed E-state index contributed by atoms with van der Waals surface area (Å²) in [5.74, 6) is -0.975. The Labute approximate surface area is 93.0 Å². The first kappa shape index (κ1) is 11.8. The number of anilines is 1. The fourth-order valence-electron chi connectivity index (χ4n) is 1.17. The van der Waals surface area contributed by atoms with Crippen molar-refractivity contribution in [2.24, 2.45) is 5.73 Å². The van der Waals surface area contributed by atoms with E-state index in [2.05, 4.69) is 5.32 Å². The minimum absolute atomic E-state index is 0.0291. The zero-order valence-electron chi connectivity index (χ0n) is 8.33. The van der Waals surface area contributed by atoms with Gasteiger partial charge in [0.15, 0.2) is 0 Å². The third-order valence-corrected chi connectivity index (χ3v) is 2.54. The van der Waals surface area contributed by atoms with Crippen molar-refractivity contribution >= 4 is 23.3 Å². The summed E-state index contributed by atoms with van der Waals surface area (Å²) in [6.45, 7) is 1.85. The fourth-order valence-corrected chi connectivity index (χ4v) is 1.35. The maximum Gasteiger partial charge on any atom is 0.327 e. The van der Waals surface area contributed by atoms with Gasteiger partial charge in [0.2, 0.25) is 0 Å². The zero-order chi connectivity index (χ0) is 11.4. The lowest BCUT2D eigenvalue weighted by Gasteiger charge is -2.15. The minimum atomic E-state index is -0.975. The van der Waals surface area contributed by atoms with Crippen LogP contribution in [0, 0.1) is 6.92 Å². The molecule has 4 nitrogen and oxygen atoms in total. The highest BCUT2D eigenvalue weighted by atomic mass is 35.5. The molecule has 0 heterocycles. The average Bonchev–Trinajstić information content (AvgIpc) is 2.19. The summed E-state index contributed by atoms with van der Waals surface area (Å²) in [6.07, 6.45) is 0. The van der Waals surface area contributed by atoms with Crippen LogP contribution in [0.2, 0.25) is 5.02 Å². The third-order valence-electron chi connectivity index (χ3n) is 2.13. The van der Waals surface area contributed by atoms with Crippen LogP contribution in [0.3, 0.4) is 0 Å². The topological polar surface area (TPSA) is 75.3 Å². The molecular weight excluding hydrogens is 216 g/mol. The van der Waals surface area contributed by atoms with Gasteiger partial charge in [0.1, 0.15) is 6.04 Å². The van der Waals surface area contributed by atoms with Crippen molar-refractivity contribution < 1.29 is 9.90 Å². The van der Waals surface area contributed by atoms with Crippen LogP contribution >= 0.6 is 11.6 Å². The maximum atomic E-state index is 10.8. The molecule has 1 rings (SSSR count). The number of hydrogen-bond acceptors (Lipinski definition) is 3. The van der Waals surface area contributed by atoms with E-state index in [1.807, 2.05) is 6.92 Å². The molecular formula is C10H13ClN2O2. The van der Waals surface area contributed by atoms with Gasteiger partial charge in [-0.15, -0.1) is 0 Å². The Hall–Kier alpha value is -1.26. The highest BCUT2D eigenvalue weighted by Gasteiger charge is 2.15. The third kappa shape index (κ3) is 2.84. The monoisotopic (exact) mass is 228 g/mol. The predicted octanol–water partition coefficient (Wildman–Crippen LogP) is 1.47. The van der Waals surface area contributed by atoms with Crippen LogP contribution in [0.1, 0.15) is 5.56 Å². The van der Waals surface area contributed by atoms with E-state index in [1.165, 1.54) is 0 Å². The van der Waals surface area contributed by atoms with E-state index in [9.17, 15) is 4.79 Å². The number of rotatable bonds is 4. The van der Waals surface area contributed by atoms with Crippen LogP contribution in [0.15, 0.2) is 18.2 Å². The van der Waals surface area contributed by atoms with E-state index in [0.29, 0.717) is 10.7 Å². The molecule has 0 aliphatic rings. The van der Waals surface area contributed by atoms with Crippen molar-refractivity contribution in [1.82, 2.24) is 0 Å². The number of aliphatic carboxylic acids is 1. The van der Waals surface area contributed by atoms with Gasteiger partial charge in [0, 0.05) is 17.3 Å². The number of nitrogens with one attached hydrogen (secondary N) is 1. The standard InChI is InChI=1S/C10H13ClN2O2/c1-6-7(11)3-2-4-8(6)13-9(5-12)10(14)15/h2-4,9,13H,5,12H2,1H3,(H,14,15). The highest BCUT2D eigenvalue weighted by Crippen LogP contribution is 2.23. The van der Waals surface area contributed by atoms with Crippen molar-refractivity contribution in [2.45, 2.75) is 13.0 Å². The molecule has 0 radical (unpaired) electrons. The van der Waals surface area contributed by atoms with Crippen molar-refractivity contribution in [1.29, 1.82) is 0 Å². The Bertz CT molecular complexity index is 368. The quantitative estimate of drug-likeness (QED) is 0.730. The van der Waals surface area contributed by atoms with E-state index in [4.69, 9.17) is 22.4 Å². The molecule has 15 heavy (non-hydrogen) atoms. The van der Waals surface area contributed by atoms with Gasteiger partial charge in [-0.3, -0.25) is 0 Å². The molecule has 0 aliphatic carbocycles. The van der Waals surface area contributed by atoms with Crippen LogP contribution in [-0.4, -0.2) is 23.7 Å². The van der Waals surface area contributed by atoms with E-state index in [-0.39, 0.29) is 6.54 Å². The summed E-state index contributed by atoms with van der Waals surface area (Å²) in [7, 11) is 0. The van der Waals surface area contributed by atoms with Crippen LogP contribution in [-0.2, 0) is 4.79 Å². The number of carboxylic acid groups (broad SMARTS) is 1. The Morgan fingerprint density at radius 3 is 2.87 bits per heavy atom. The van der Waals surface area contributed by atoms with Crippen LogP contribution in [0.5, 0.6) is 0 Å². The molecule has 0 aliphatic heterocycles. The summed E-state index contributed by atoms with van der Waals surface area (Å²) < 4.78 is 0. The molecule has 1 aromatic carbocycles. The number of carbonyl (C=O) groups is 1. The van der Waals surface area contributed by atoms with Crippen molar-refractivity contribution in [2.75, 3.05) is 11.9 Å². The first-order valence-electron chi connectivity index (χ1n) is 4.50. The molecule has 4 N–H and O–H groups in total. The summed E-state index contributed by atoms with van der Waals surface area (Å²) in [4.78, 5) is 10.8. The van der Waals surface area contributed by atoms with Gasteiger partial charge in [0.05, 0.1) is 0 Å². The molecule has 1 unspecified atom stereocenters. The van der Waals surface area contributed by atoms with Gasteiger partial charge in [-0.1, -0.05) is 17.7 Å². The molecule has 0 aromatic heterocycles. The number of benzene rings is 1. The molecule has 1 aromatic rings. The number of hydrogen-bond donors (Lipinski definition) is 3. The lowest BCUT2D eigenvalue weighted by Crippen LogP contribution is -2.36. The van der Waals surface area contributed by atoms with Gasteiger partial charge in [0.25, 0.3) is 0 Å². The summed E-state index contributed by atoms with van der Waals surface area (Å²) in [5, 5.41) is 12.2. The number of halogens is 1.